The number of hydrogen-bond donors (Lipinski definition) is 1. The summed E-state index contributed by atoms with van der Waals surface area (Å²) >= 11 is 0. The summed E-state index contributed by atoms with van der Waals surface area (Å²) < 4.78 is 5.10. The molecule has 3 heteroatoms. The van der Waals surface area contributed by atoms with Crippen LogP contribution in [-0.4, -0.2) is 23.3 Å². The molecule has 2 rings (SSSR count). The van der Waals surface area contributed by atoms with Gasteiger partial charge >= 0.3 is 5.97 Å². The van der Waals surface area contributed by atoms with Gasteiger partial charge in [0.15, 0.2) is 0 Å². The van der Waals surface area contributed by atoms with Crippen LogP contribution >= 0.6 is 0 Å². The number of aliphatic hydroxyl groups excluding tert-OH is 1. The van der Waals surface area contributed by atoms with Gasteiger partial charge in [0.05, 0.1) is 0 Å². The molecule has 15 heavy (non-hydrogen) atoms. The zero-order chi connectivity index (χ0) is 10.9. The lowest BCUT2D eigenvalue weighted by Crippen LogP contribution is -2.19. The van der Waals surface area contributed by atoms with Crippen molar-refractivity contribution < 1.29 is 14.6 Å². The van der Waals surface area contributed by atoms with Gasteiger partial charge in [-0.25, -0.2) is 4.79 Å². The molecular formula is C12H18O3. The monoisotopic (exact) mass is 210 g/mol. The van der Waals surface area contributed by atoms with E-state index in [0.717, 1.165) is 18.4 Å². The summed E-state index contributed by atoms with van der Waals surface area (Å²) in [5.74, 6) is -0.160. The fraction of sp³-hybridized carbons (Fsp3) is 0.750. The number of carbonyl (C=O) groups excluding carboxylic acids is 1. The van der Waals surface area contributed by atoms with E-state index in [4.69, 9.17) is 9.84 Å². The van der Waals surface area contributed by atoms with Gasteiger partial charge in [-0.2, -0.15) is 0 Å². The molecule has 0 aromatic carbocycles. The Labute approximate surface area is 90.1 Å². The van der Waals surface area contributed by atoms with Crippen molar-refractivity contribution in [1.29, 1.82) is 0 Å². The van der Waals surface area contributed by atoms with Crippen LogP contribution < -0.4 is 0 Å². The highest BCUT2D eigenvalue weighted by Gasteiger charge is 2.59. The molecule has 1 aliphatic heterocycles. The molecule has 0 amide bonds. The van der Waals surface area contributed by atoms with Crippen LogP contribution in [0.15, 0.2) is 11.1 Å². The largest absolute Gasteiger partial charge is 0.439 e. The van der Waals surface area contributed by atoms with Gasteiger partial charge in [-0.05, 0) is 38.2 Å². The summed E-state index contributed by atoms with van der Waals surface area (Å²) in [7, 11) is 0. The van der Waals surface area contributed by atoms with E-state index in [1.165, 1.54) is 24.8 Å². The second-order valence-corrected chi connectivity index (χ2v) is 4.48. The molecule has 1 saturated carbocycles. The Bertz CT molecular complexity index is 298. The van der Waals surface area contributed by atoms with Crippen molar-refractivity contribution in [2.24, 2.45) is 0 Å². The zero-order valence-corrected chi connectivity index (χ0v) is 9.21. The summed E-state index contributed by atoms with van der Waals surface area (Å²) in [4.78, 5) is 11.3. The van der Waals surface area contributed by atoms with E-state index >= 15 is 0 Å². The molecule has 1 heterocycles. The maximum absolute atomic E-state index is 11.3. The fourth-order valence-corrected chi connectivity index (χ4v) is 2.50. The van der Waals surface area contributed by atoms with Crippen LogP contribution in [-0.2, 0) is 9.53 Å². The quantitative estimate of drug-likeness (QED) is 0.572. The predicted octanol–water partition coefficient (Wildman–Crippen LogP) is 1.94. The smallest absolute Gasteiger partial charge is 0.356 e. The van der Waals surface area contributed by atoms with Gasteiger partial charge in [0, 0.05) is 13.0 Å². The third kappa shape index (κ3) is 1.81. The highest BCUT2D eigenvalue weighted by Crippen LogP contribution is 2.43. The molecule has 0 aromatic heterocycles. The Kier molecular flexibility index (Phi) is 2.83. The number of ether oxygens (including phenoxy) is 1. The van der Waals surface area contributed by atoms with Crippen molar-refractivity contribution in [2.45, 2.75) is 51.0 Å². The maximum atomic E-state index is 11.3. The van der Waals surface area contributed by atoms with Gasteiger partial charge in [-0.15, -0.1) is 0 Å². The Balaban J connectivity index is 2.17. The summed E-state index contributed by atoms with van der Waals surface area (Å²) in [6, 6.07) is 0. The average molecular weight is 210 g/mol. The fourth-order valence-electron chi connectivity index (χ4n) is 2.50. The normalized spacial score (nSPS) is 30.0. The SMILES string of the molecule is CC(=C1CCCCC1)C1(CCO)OC1=O. The molecule has 1 saturated heterocycles. The van der Waals surface area contributed by atoms with Crippen molar-refractivity contribution >= 4 is 5.97 Å². The number of cyclic esters (lactones) is 1. The molecular weight excluding hydrogens is 192 g/mol. The van der Waals surface area contributed by atoms with E-state index in [2.05, 4.69) is 0 Å². The first-order valence-electron chi connectivity index (χ1n) is 5.74. The van der Waals surface area contributed by atoms with Gasteiger partial charge in [0.1, 0.15) is 0 Å². The van der Waals surface area contributed by atoms with Crippen LogP contribution in [0.3, 0.4) is 0 Å². The summed E-state index contributed by atoms with van der Waals surface area (Å²) in [5.41, 5.74) is 1.71. The Morgan fingerprint density at radius 1 is 1.40 bits per heavy atom. The first-order valence-corrected chi connectivity index (χ1v) is 5.74. The highest BCUT2D eigenvalue weighted by atomic mass is 16.7. The average Bonchev–Trinajstić information content (AvgIpc) is 2.91. The second kappa shape index (κ2) is 3.97. The third-order valence-corrected chi connectivity index (χ3v) is 3.61. The molecule has 2 aliphatic rings. The highest BCUT2D eigenvalue weighted by molar-refractivity contribution is 5.97. The summed E-state index contributed by atoms with van der Waals surface area (Å²) in [5, 5.41) is 8.95. The van der Waals surface area contributed by atoms with Crippen molar-refractivity contribution in [2.75, 3.05) is 6.61 Å². The van der Waals surface area contributed by atoms with Crippen molar-refractivity contribution in [3.05, 3.63) is 11.1 Å². The lowest BCUT2D eigenvalue weighted by molar-refractivity contribution is -0.117. The van der Waals surface area contributed by atoms with Crippen LogP contribution in [0.5, 0.6) is 0 Å². The number of hydrogen-bond acceptors (Lipinski definition) is 3. The molecule has 2 fully saturated rings. The minimum Gasteiger partial charge on any atom is -0.439 e. The van der Waals surface area contributed by atoms with Gasteiger partial charge < -0.3 is 9.84 Å². The van der Waals surface area contributed by atoms with Crippen LogP contribution in [0.4, 0.5) is 0 Å². The minimum atomic E-state index is -0.735. The third-order valence-electron chi connectivity index (χ3n) is 3.61. The Hall–Kier alpha value is -0.830. The molecule has 1 aliphatic carbocycles. The lowest BCUT2D eigenvalue weighted by Gasteiger charge is -2.19. The number of epoxide rings is 1. The molecule has 0 aromatic rings. The van der Waals surface area contributed by atoms with Crippen molar-refractivity contribution in [3.8, 4) is 0 Å². The van der Waals surface area contributed by atoms with Crippen LogP contribution in [0.1, 0.15) is 45.4 Å². The zero-order valence-electron chi connectivity index (χ0n) is 9.21. The Morgan fingerprint density at radius 3 is 2.47 bits per heavy atom. The first kappa shape index (κ1) is 10.7. The lowest BCUT2D eigenvalue weighted by atomic mass is 9.85. The van der Waals surface area contributed by atoms with Gasteiger partial charge in [0.25, 0.3) is 0 Å². The topological polar surface area (TPSA) is 49.8 Å². The van der Waals surface area contributed by atoms with Gasteiger partial charge in [-0.1, -0.05) is 12.0 Å². The molecule has 1 unspecified atom stereocenters. The van der Waals surface area contributed by atoms with E-state index < -0.39 is 5.60 Å². The van der Waals surface area contributed by atoms with E-state index in [0.29, 0.717) is 6.42 Å². The van der Waals surface area contributed by atoms with Crippen LogP contribution in [0.2, 0.25) is 0 Å². The molecule has 1 N–H and O–H groups in total. The van der Waals surface area contributed by atoms with Crippen molar-refractivity contribution in [3.63, 3.8) is 0 Å². The standard InChI is InChI=1S/C12H18O3/c1-9(10-5-3-2-4-6-10)12(7-8-13)11(14)15-12/h13H,2-8H2,1H3. The molecule has 84 valence electrons. The maximum Gasteiger partial charge on any atom is 0.356 e. The number of carbonyl (C=O) groups is 1. The number of aliphatic hydroxyl groups is 1. The summed E-state index contributed by atoms with van der Waals surface area (Å²) in [6.45, 7) is 2.00. The number of rotatable bonds is 3. The van der Waals surface area contributed by atoms with Crippen LogP contribution in [0.25, 0.3) is 0 Å². The Morgan fingerprint density at radius 2 is 2.00 bits per heavy atom. The molecule has 3 nitrogen and oxygen atoms in total. The second-order valence-electron chi connectivity index (χ2n) is 4.48. The summed E-state index contributed by atoms with van der Waals surface area (Å²) in [6.07, 6.45) is 6.33. The van der Waals surface area contributed by atoms with E-state index in [9.17, 15) is 4.79 Å². The van der Waals surface area contributed by atoms with Gasteiger partial charge in [-0.3, -0.25) is 0 Å². The van der Waals surface area contributed by atoms with Gasteiger partial charge in [0.2, 0.25) is 5.60 Å². The van der Waals surface area contributed by atoms with Crippen molar-refractivity contribution in [1.82, 2.24) is 0 Å². The first-order chi connectivity index (χ1) is 7.20. The minimum absolute atomic E-state index is 0.0103. The predicted molar refractivity (Wildman–Crippen MR) is 56.3 cm³/mol. The van der Waals surface area contributed by atoms with E-state index in [1.807, 2.05) is 6.92 Å². The van der Waals surface area contributed by atoms with E-state index in [1.54, 1.807) is 0 Å². The molecule has 0 bridgehead atoms. The number of allylic oxidation sites excluding steroid dienone is 1. The van der Waals surface area contributed by atoms with E-state index in [-0.39, 0.29) is 12.6 Å². The van der Waals surface area contributed by atoms with Crippen LogP contribution in [0, 0.1) is 0 Å². The molecule has 0 radical (unpaired) electrons. The molecule has 1 atom stereocenters. The molecule has 0 spiro atoms.